The van der Waals surface area contributed by atoms with Crippen molar-refractivity contribution >= 4 is 11.8 Å². The van der Waals surface area contributed by atoms with E-state index in [1.54, 1.807) is 12.3 Å². The largest absolute Gasteiger partial charge is 0.300 e. The van der Waals surface area contributed by atoms with E-state index in [0.29, 0.717) is 12.4 Å². The fourth-order valence-corrected chi connectivity index (χ4v) is 1.75. The molecule has 2 amide bonds. The Kier molecular flexibility index (Phi) is 3.14. The molecule has 0 bridgehead atoms. The minimum absolute atomic E-state index is 0.147. The van der Waals surface area contributed by atoms with E-state index >= 15 is 0 Å². The van der Waals surface area contributed by atoms with E-state index in [1.807, 2.05) is 6.92 Å². The molecule has 0 saturated carbocycles. The molecular formula is C11H14N4O2. The number of imide groups is 1. The summed E-state index contributed by atoms with van der Waals surface area (Å²) >= 11 is 0. The number of hydrogen-bond acceptors (Lipinski definition) is 5. The molecule has 6 heteroatoms. The first-order valence-electron chi connectivity index (χ1n) is 5.40. The predicted octanol–water partition coefficient (Wildman–Crippen LogP) is -0.368. The van der Waals surface area contributed by atoms with Gasteiger partial charge in [0.2, 0.25) is 11.8 Å². The smallest absolute Gasteiger partial charge is 0.246 e. The zero-order valence-electron chi connectivity index (χ0n) is 9.80. The maximum absolute atomic E-state index is 11.6. The zero-order chi connectivity index (χ0) is 12.4. The molecule has 1 aromatic rings. The number of carbonyl (C=O) groups excluding carboxylic acids is 2. The van der Waals surface area contributed by atoms with Crippen LogP contribution in [0.3, 0.4) is 0 Å². The maximum Gasteiger partial charge on any atom is 0.246 e. The Morgan fingerprint density at radius 1 is 1.53 bits per heavy atom. The summed E-state index contributed by atoms with van der Waals surface area (Å²) in [5.41, 5.74) is 0.812. The number of nitrogens with zero attached hydrogens (tertiary/aromatic N) is 3. The van der Waals surface area contributed by atoms with E-state index in [9.17, 15) is 9.59 Å². The Morgan fingerprint density at radius 2 is 2.29 bits per heavy atom. The van der Waals surface area contributed by atoms with E-state index < -0.39 is 6.04 Å². The topological polar surface area (TPSA) is 75.2 Å². The fourth-order valence-electron chi connectivity index (χ4n) is 1.75. The molecule has 6 nitrogen and oxygen atoms in total. The summed E-state index contributed by atoms with van der Waals surface area (Å²) in [5.74, 6) is 0.363. The SMILES string of the molecule is Cc1nccc(CNC2CC(=O)N(C)C2=O)n1. The lowest BCUT2D eigenvalue weighted by molar-refractivity contribution is -0.137. The normalized spacial score (nSPS) is 20.1. The Morgan fingerprint density at radius 3 is 2.88 bits per heavy atom. The molecule has 0 radical (unpaired) electrons. The van der Waals surface area contributed by atoms with Crippen LogP contribution in [0.4, 0.5) is 0 Å². The monoisotopic (exact) mass is 234 g/mol. The molecule has 1 aromatic heterocycles. The Labute approximate surface area is 99.1 Å². The van der Waals surface area contributed by atoms with Crippen molar-refractivity contribution in [2.75, 3.05) is 7.05 Å². The molecule has 2 rings (SSSR count). The third-order valence-electron chi connectivity index (χ3n) is 2.74. The van der Waals surface area contributed by atoms with E-state index in [1.165, 1.54) is 7.05 Å². The molecule has 1 N–H and O–H groups in total. The van der Waals surface area contributed by atoms with Gasteiger partial charge in [-0.05, 0) is 13.0 Å². The number of aromatic nitrogens is 2. The third kappa shape index (κ3) is 2.47. The van der Waals surface area contributed by atoms with Crippen molar-refractivity contribution in [3.8, 4) is 0 Å². The first kappa shape index (κ1) is 11.7. The van der Waals surface area contributed by atoms with Crippen LogP contribution >= 0.6 is 0 Å². The number of rotatable bonds is 3. The van der Waals surface area contributed by atoms with Crippen molar-refractivity contribution in [2.45, 2.75) is 25.9 Å². The van der Waals surface area contributed by atoms with Crippen LogP contribution in [0.25, 0.3) is 0 Å². The minimum Gasteiger partial charge on any atom is -0.300 e. The van der Waals surface area contributed by atoms with Gasteiger partial charge in [-0.3, -0.25) is 19.8 Å². The molecule has 0 spiro atoms. The number of carbonyl (C=O) groups is 2. The summed E-state index contributed by atoms with van der Waals surface area (Å²) in [5, 5.41) is 3.03. The summed E-state index contributed by atoms with van der Waals surface area (Å²) in [6.07, 6.45) is 1.90. The van der Waals surface area contributed by atoms with Gasteiger partial charge in [-0.25, -0.2) is 9.97 Å². The minimum atomic E-state index is -0.428. The summed E-state index contributed by atoms with van der Waals surface area (Å²) < 4.78 is 0. The average Bonchev–Trinajstić information content (AvgIpc) is 2.54. The van der Waals surface area contributed by atoms with Crippen LogP contribution in [-0.2, 0) is 16.1 Å². The fraction of sp³-hybridized carbons (Fsp3) is 0.455. The van der Waals surface area contributed by atoms with Gasteiger partial charge in [-0.2, -0.15) is 0 Å². The standard InChI is InChI=1S/C11H14N4O2/c1-7-12-4-3-8(14-7)6-13-9-5-10(16)15(2)11(9)17/h3-4,9,13H,5-6H2,1-2H3. The lowest BCUT2D eigenvalue weighted by Gasteiger charge is -2.10. The summed E-state index contributed by atoms with van der Waals surface area (Å²) in [7, 11) is 1.50. The molecule has 1 fully saturated rings. The van der Waals surface area contributed by atoms with Crippen LogP contribution in [0.1, 0.15) is 17.9 Å². The first-order valence-corrected chi connectivity index (χ1v) is 5.40. The molecule has 1 unspecified atom stereocenters. The van der Waals surface area contributed by atoms with Gasteiger partial charge in [0, 0.05) is 19.8 Å². The molecule has 90 valence electrons. The zero-order valence-corrected chi connectivity index (χ0v) is 9.80. The molecule has 1 aliphatic rings. The molecule has 2 heterocycles. The molecule has 17 heavy (non-hydrogen) atoms. The van der Waals surface area contributed by atoms with Crippen molar-refractivity contribution in [3.05, 3.63) is 23.8 Å². The van der Waals surface area contributed by atoms with Crippen LogP contribution in [-0.4, -0.2) is 39.8 Å². The van der Waals surface area contributed by atoms with E-state index in [4.69, 9.17) is 0 Å². The van der Waals surface area contributed by atoms with Crippen molar-refractivity contribution in [1.82, 2.24) is 20.2 Å². The highest BCUT2D eigenvalue weighted by Gasteiger charge is 2.35. The molecule has 1 atom stereocenters. The highest BCUT2D eigenvalue weighted by molar-refractivity contribution is 6.05. The lowest BCUT2D eigenvalue weighted by atomic mass is 10.2. The van der Waals surface area contributed by atoms with Gasteiger partial charge in [0.05, 0.1) is 18.2 Å². The summed E-state index contributed by atoms with van der Waals surface area (Å²) in [4.78, 5) is 32.3. The van der Waals surface area contributed by atoms with Crippen molar-refractivity contribution < 1.29 is 9.59 Å². The van der Waals surface area contributed by atoms with Crippen LogP contribution in [0.2, 0.25) is 0 Å². The molecular weight excluding hydrogens is 220 g/mol. The summed E-state index contributed by atoms with van der Waals surface area (Å²) in [6, 6.07) is 1.35. The second kappa shape index (κ2) is 4.58. The molecule has 0 aliphatic carbocycles. The third-order valence-corrected chi connectivity index (χ3v) is 2.74. The number of aryl methyl sites for hydroxylation is 1. The Hall–Kier alpha value is -1.82. The van der Waals surface area contributed by atoms with Crippen LogP contribution in [0.5, 0.6) is 0 Å². The van der Waals surface area contributed by atoms with E-state index in [-0.39, 0.29) is 18.2 Å². The van der Waals surface area contributed by atoms with Crippen LogP contribution in [0.15, 0.2) is 12.3 Å². The number of hydrogen-bond donors (Lipinski definition) is 1. The van der Waals surface area contributed by atoms with Gasteiger partial charge in [0.1, 0.15) is 5.82 Å². The van der Waals surface area contributed by atoms with Gasteiger partial charge >= 0.3 is 0 Å². The molecule has 1 saturated heterocycles. The quantitative estimate of drug-likeness (QED) is 0.722. The van der Waals surface area contributed by atoms with Gasteiger partial charge in [0.25, 0.3) is 0 Å². The number of amides is 2. The lowest BCUT2D eigenvalue weighted by Crippen LogP contribution is -2.36. The first-order chi connectivity index (χ1) is 8.08. The van der Waals surface area contributed by atoms with E-state index in [2.05, 4.69) is 15.3 Å². The highest BCUT2D eigenvalue weighted by Crippen LogP contribution is 2.10. The number of likely N-dealkylation sites (tertiary alicyclic amines) is 1. The molecule has 0 aromatic carbocycles. The van der Waals surface area contributed by atoms with E-state index in [0.717, 1.165) is 10.6 Å². The summed E-state index contributed by atoms with van der Waals surface area (Å²) in [6.45, 7) is 2.27. The van der Waals surface area contributed by atoms with Crippen molar-refractivity contribution in [1.29, 1.82) is 0 Å². The average molecular weight is 234 g/mol. The Bertz CT molecular complexity index is 461. The van der Waals surface area contributed by atoms with Gasteiger partial charge in [-0.15, -0.1) is 0 Å². The van der Waals surface area contributed by atoms with Crippen LogP contribution in [0, 0.1) is 6.92 Å². The number of nitrogens with one attached hydrogen (secondary N) is 1. The van der Waals surface area contributed by atoms with Gasteiger partial charge in [-0.1, -0.05) is 0 Å². The predicted molar refractivity (Wildman–Crippen MR) is 59.8 cm³/mol. The maximum atomic E-state index is 11.6. The number of likely N-dealkylation sites (N-methyl/N-ethyl adjacent to an activating group) is 1. The van der Waals surface area contributed by atoms with Crippen molar-refractivity contribution in [2.24, 2.45) is 0 Å². The second-order valence-corrected chi connectivity index (χ2v) is 4.02. The Balaban J connectivity index is 1.95. The second-order valence-electron chi connectivity index (χ2n) is 4.02. The van der Waals surface area contributed by atoms with Crippen LogP contribution < -0.4 is 5.32 Å². The van der Waals surface area contributed by atoms with Gasteiger partial charge in [0.15, 0.2) is 0 Å². The van der Waals surface area contributed by atoms with Crippen molar-refractivity contribution in [3.63, 3.8) is 0 Å². The molecule has 1 aliphatic heterocycles. The highest BCUT2D eigenvalue weighted by atomic mass is 16.2. The van der Waals surface area contributed by atoms with Gasteiger partial charge < -0.3 is 0 Å².